The van der Waals surface area contributed by atoms with Crippen LogP contribution < -0.4 is 15.2 Å². The number of rotatable bonds is 5. The molecule has 2 aromatic heterocycles. The predicted molar refractivity (Wildman–Crippen MR) is 135 cm³/mol. The molecule has 10 heteroatoms. The Morgan fingerprint density at radius 2 is 1.80 bits per heavy atom. The second-order valence-electron chi connectivity index (χ2n) is 8.38. The van der Waals surface area contributed by atoms with Gasteiger partial charge < -0.3 is 9.30 Å². The summed E-state index contributed by atoms with van der Waals surface area (Å²) in [4.78, 5) is 39.7. The van der Waals surface area contributed by atoms with Gasteiger partial charge in [-0.25, -0.2) is 9.97 Å². The van der Waals surface area contributed by atoms with Crippen LogP contribution in [0.5, 0.6) is 6.01 Å². The Kier molecular flexibility index (Phi) is 5.86. The molecule has 1 N–H and O–H groups in total. The number of halogens is 2. The Morgan fingerprint density at radius 1 is 1.06 bits per heavy atom. The zero-order chi connectivity index (χ0) is 24.9. The Morgan fingerprint density at radius 3 is 2.43 bits per heavy atom. The average Bonchev–Trinajstić information content (AvgIpc) is 3.34. The van der Waals surface area contributed by atoms with Crippen molar-refractivity contribution in [3.63, 3.8) is 0 Å². The van der Waals surface area contributed by atoms with E-state index < -0.39 is 11.6 Å². The first-order valence-electron chi connectivity index (χ1n) is 10.9. The third kappa shape index (κ3) is 3.88. The van der Waals surface area contributed by atoms with E-state index in [4.69, 9.17) is 27.9 Å². The number of benzene rings is 2. The molecule has 1 aliphatic heterocycles. The molecule has 1 unspecified atom stereocenters. The quantitative estimate of drug-likeness (QED) is 0.395. The Balaban J connectivity index is 1.77. The van der Waals surface area contributed by atoms with Crippen LogP contribution in [0.25, 0.3) is 11.4 Å². The van der Waals surface area contributed by atoms with Gasteiger partial charge in [0.25, 0.3) is 17.5 Å². The highest BCUT2D eigenvalue weighted by molar-refractivity contribution is 6.31. The Labute approximate surface area is 211 Å². The fraction of sp³-hybridized carbons (Fsp3) is 0.200. The van der Waals surface area contributed by atoms with Crippen LogP contribution in [0.15, 0.2) is 59.5 Å². The summed E-state index contributed by atoms with van der Waals surface area (Å²) in [5, 5.41) is 1.10. The van der Waals surface area contributed by atoms with Crippen LogP contribution in [0.2, 0.25) is 10.0 Å². The molecule has 35 heavy (non-hydrogen) atoms. The molecular formula is C25H21Cl2N5O3. The van der Waals surface area contributed by atoms with Crippen molar-refractivity contribution in [1.29, 1.82) is 0 Å². The van der Waals surface area contributed by atoms with Crippen molar-refractivity contribution < 1.29 is 9.53 Å². The molecule has 4 aromatic rings. The van der Waals surface area contributed by atoms with Crippen molar-refractivity contribution in [1.82, 2.24) is 19.5 Å². The number of methoxy groups -OCH3 is 1. The molecule has 0 spiro atoms. The van der Waals surface area contributed by atoms with Gasteiger partial charge >= 0.3 is 0 Å². The summed E-state index contributed by atoms with van der Waals surface area (Å²) in [6.07, 6.45) is 1.41. The van der Waals surface area contributed by atoms with Gasteiger partial charge in [0.05, 0.1) is 12.8 Å². The van der Waals surface area contributed by atoms with Crippen LogP contribution in [-0.4, -0.2) is 32.5 Å². The first kappa shape index (κ1) is 23.1. The number of nitrogens with zero attached hydrogens (tertiary/aromatic N) is 4. The molecule has 1 amide bonds. The number of carbonyl (C=O) groups excluding carboxylic acids is 1. The fourth-order valence-electron chi connectivity index (χ4n) is 4.42. The van der Waals surface area contributed by atoms with Gasteiger partial charge in [-0.3, -0.25) is 19.5 Å². The molecule has 3 heterocycles. The molecule has 0 aliphatic carbocycles. The maximum Gasteiger partial charge on any atom is 0.296 e. The Bertz CT molecular complexity index is 1490. The van der Waals surface area contributed by atoms with Crippen molar-refractivity contribution in [2.24, 2.45) is 0 Å². The van der Waals surface area contributed by atoms with Crippen LogP contribution in [0, 0.1) is 0 Å². The zero-order valence-electron chi connectivity index (χ0n) is 19.1. The van der Waals surface area contributed by atoms with E-state index >= 15 is 0 Å². The number of aromatic nitrogens is 4. The molecule has 0 radical (unpaired) electrons. The predicted octanol–water partition coefficient (Wildman–Crippen LogP) is 5.28. The summed E-state index contributed by atoms with van der Waals surface area (Å²) >= 11 is 12.4. The van der Waals surface area contributed by atoms with E-state index in [1.807, 2.05) is 36.6 Å². The van der Waals surface area contributed by atoms with Gasteiger partial charge in [0.2, 0.25) is 0 Å². The lowest BCUT2D eigenvalue weighted by atomic mass is 10.0. The first-order valence-corrected chi connectivity index (χ1v) is 11.7. The molecule has 2 aromatic carbocycles. The summed E-state index contributed by atoms with van der Waals surface area (Å²) < 4.78 is 6.94. The van der Waals surface area contributed by atoms with Gasteiger partial charge in [0, 0.05) is 28.0 Å². The summed E-state index contributed by atoms with van der Waals surface area (Å²) in [5.41, 5.74) is 2.26. The van der Waals surface area contributed by atoms with Crippen LogP contribution in [-0.2, 0) is 0 Å². The highest BCUT2D eigenvalue weighted by atomic mass is 35.5. The Hall–Kier alpha value is -3.62. The van der Waals surface area contributed by atoms with Gasteiger partial charge in [0.15, 0.2) is 5.69 Å². The lowest BCUT2D eigenvalue weighted by molar-refractivity contribution is 0.0989. The van der Waals surface area contributed by atoms with Crippen molar-refractivity contribution >= 4 is 34.8 Å². The van der Waals surface area contributed by atoms with E-state index in [9.17, 15) is 9.59 Å². The van der Waals surface area contributed by atoms with Gasteiger partial charge in [-0.2, -0.15) is 0 Å². The van der Waals surface area contributed by atoms with Crippen LogP contribution in [0.1, 0.15) is 47.7 Å². The second-order valence-corrected chi connectivity index (χ2v) is 9.25. The van der Waals surface area contributed by atoms with Crippen molar-refractivity contribution in [2.45, 2.75) is 25.9 Å². The molecule has 1 aliphatic rings. The summed E-state index contributed by atoms with van der Waals surface area (Å²) in [6.45, 7) is 3.95. The summed E-state index contributed by atoms with van der Waals surface area (Å²) in [6, 6.07) is 13.9. The molecule has 0 saturated carbocycles. The molecule has 8 nitrogen and oxygen atoms in total. The van der Waals surface area contributed by atoms with Gasteiger partial charge in [0.1, 0.15) is 17.4 Å². The van der Waals surface area contributed by atoms with E-state index in [1.54, 1.807) is 35.2 Å². The van der Waals surface area contributed by atoms with Crippen molar-refractivity contribution in [3.05, 3.63) is 92.1 Å². The maximum atomic E-state index is 13.8. The third-order valence-electron chi connectivity index (χ3n) is 5.89. The minimum atomic E-state index is -0.512. The number of hydrogen-bond acceptors (Lipinski definition) is 5. The van der Waals surface area contributed by atoms with E-state index in [0.717, 1.165) is 5.56 Å². The number of hydrogen-bond donors (Lipinski definition) is 1. The van der Waals surface area contributed by atoms with Crippen LogP contribution in [0.3, 0.4) is 0 Å². The standard InChI is InChI=1S/C25H21Cl2N5O3/c1-13(2)31-21-19(29-22(31)18-12-28-25(35-3)30-23(18)33)24(34)32(17-6-4-5-16(27)11-17)20(21)14-7-9-15(26)10-8-14/h4-13,20H,1-3H3,(H,28,30,33). The number of imidazole rings is 1. The number of amides is 1. The highest BCUT2D eigenvalue weighted by Crippen LogP contribution is 2.44. The lowest BCUT2D eigenvalue weighted by Crippen LogP contribution is -2.30. The summed E-state index contributed by atoms with van der Waals surface area (Å²) in [7, 11) is 1.42. The highest BCUT2D eigenvalue weighted by Gasteiger charge is 2.45. The van der Waals surface area contributed by atoms with Gasteiger partial charge in [-0.05, 0) is 49.7 Å². The minimum Gasteiger partial charge on any atom is -0.468 e. The number of aromatic amines is 1. The van der Waals surface area contributed by atoms with Gasteiger partial charge in [-0.1, -0.05) is 41.4 Å². The largest absolute Gasteiger partial charge is 0.468 e. The molecule has 0 saturated heterocycles. The number of carbonyl (C=O) groups is 1. The molecule has 0 bridgehead atoms. The molecular weight excluding hydrogens is 489 g/mol. The topological polar surface area (TPSA) is 93.1 Å². The van der Waals surface area contributed by atoms with E-state index in [-0.39, 0.29) is 29.2 Å². The molecule has 5 rings (SSSR count). The monoisotopic (exact) mass is 509 g/mol. The van der Waals surface area contributed by atoms with Crippen LogP contribution in [0.4, 0.5) is 5.69 Å². The molecule has 0 fully saturated rings. The minimum absolute atomic E-state index is 0.0937. The number of anilines is 1. The molecule has 1 atom stereocenters. The fourth-order valence-corrected chi connectivity index (χ4v) is 4.73. The van der Waals surface area contributed by atoms with Crippen molar-refractivity contribution in [2.75, 3.05) is 12.0 Å². The van der Waals surface area contributed by atoms with Crippen LogP contribution >= 0.6 is 23.2 Å². The molecule has 178 valence electrons. The van der Waals surface area contributed by atoms with E-state index in [1.165, 1.54) is 13.3 Å². The SMILES string of the molecule is COc1ncc(-c2nc3c(n2C(C)C)C(c2ccc(Cl)cc2)N(c2cccc(Cl)c2)C3=O)c(=O)[nH]1. The second kappa shape index (κ2) is 8.87. The van der Waals surface area contributed by atoms with E-state index in [2.05, 4.69) is 15.0 Å². The smallest absolute Gasteiger partial charge is 0.296 e. The lowest BCUT2D eigenvalue weighted by Gasteiger charge is -2.28. The maximum absolute atomic E-state index is 13.8. The number of ether oxygens (including phenoxy) is 1. The first-order chi connectivity index (χ1) is 16.8. The number of H-pyrrole nitrogens is 1. The van der Waals surface area contributed by atoms with Gasteiger partial charge in [-0.15, -0.1) is 0 Å². The summed E-state index contributed by atoms with van der Waals surface area (Å²) in [5.74, 6) is 0.0697. The van der Waals surface area contributed by atoms with Crippen molar-refractivity contribution in [3.8, 4) is 17.4 Å². The third-order valence-corrected chi connectivity index (χ3v) is 6.37. The number of nitrogens with one attached hydrogen (secondary N) is 1. The normalized spacial score (nSPS) is 15.1. The number of fused-ring (bicyclic) bond motifs is 1. The average molecular weight is 510 g/mol. The zero-order valence-corrected chi connectivity index (χ0v) is 20.6. The van der Waals surface area contributed by atoms with E-state index in [0.29, 0.717) is 27.3 Å².